The van der Waals surface area contributed by atoms with Gasteiger partial charge in [-0.05, 0) is 12.8 Å². The molecule has 0 fully saturated rings. The zero-order valence-corrected chi connectivity index (χ0v) is 9.18. The summed E-state index contributed by atoms with van der Waals surface area (Å²) < 4.78 is 36.9. The van der Waals surface area contributed by atoms with E-state index in [1.54, 1.807) is 0 Å². The number of hydrogen-bond donors (Lipinski definition) is 2. The van der Waals surface area contributed by atoms with Gasteiger partial charge >= 0.3 is 12.1 Å². The van der Waals surface area contributed by atoms with Gasteiger partial charge in [0, 0.05) is 0 Å². The zero-order valence-electron chi connectivity index (χ0n) is 9.18. The van der Waals surface area contributed by atoms with Crippen molar-refractivity contribution in [2.75, 3.05) is 0 Å². The van der Waals surface area contributed by atoms with E-state index in [2.05, 4.69) is 0 Å². The second kappa shape index (κ2) is 6.08. The zero-order chi connectivity index (χ0) is 12.8. The van der Waals surface area contributed by atoms with E-state index in [-0.39, 0.29) is 6.42 Å². The van der Waals surface area contributed by atoms with Crippen LogP contribution in [0.3, 0.4) is 0 Å². The Morgan fingerprint density at radius 3 is 2.00 bits per heavy atom. The number of alkyl halides is 3. The van der Waals surface area contributed by atoms with Crippen LogP contribution >= 0.6 is 0 Å². The SMILES string of the molecule is CCCCCCCC(O)(C(=O)O)C(F)(F)F. The molecule has 96 valence electrons. The number of aliphatic carboxylic acids is 1. The molecule has 0 aromatic carbocycles. The van der Waals surface area contributed by atoms with Crippen LogP contribution in [0.15, 0.2) is 0 Å². The smallest absolute Gasteiger partial charge is 0.428 e. The van der Waals surface area contributed by atoms with E-state index in [9.17, 15) is 18.0 Å². The molecule has 0 radical (unpaired) electrons. The first-order valence-electron chi connectivity index (χ1n) is 5.28. The highest BCUT2D eigenvalue weighted by Crippen LogP contribution is 2.34. The van der Waals surface area contributed by atoms with Crippen molar-refractivity contribution in [3.63, 3.8) is 0 Å². The lowest BCUT2D eigenvalue weighted by Crippen LogP contribution is -2.51. The summed E-state index contributed by atoms with van der Waals surface area (Å²) in [5.74, 6) is -2.23. The fourth-order valence-electron chi connectivity index (χ4n) is 1.35. The van der Waals surface area contributed by atoms with Gasteiger partial charge in [-0.2, -0.15) is 13.2 Å². The van der Waals surface area contributed by atoms with E-state index in [0.717, 1.165) is 19.3 Å². The third kappa shape index (κ3) is 4.00. The van der Waals surface area contributed by atoms with Gasteiger partial charge in [-0.1, -0.05) is 32.6 Å². The van der Waals surface area contributed by atoms with Gasteiger partial charge in [0.25, 0.3) is 5.60 Å². The molecule has 0 aliphatic rings. The van der Waals surface area contributed by atoms with Gasteiger partial charge in [-0.15, -0.1) is 0 Å². The highest BCUT2D eigenvalue weighted by molar-refractivity contribution is 5.78. The van der Waals surface area contributed by atoms with Crippen LogP contribution in [0.2, 0.25) is 0 Å². The Hall–Kier alpha value is -0.780. The third-order valence-corrected chi connectivity index (χ3v) is 2.46. The number of carboxylic acids is 1. The maximum absolute atomic E-state index is 12.3. The molecule has 6 heteroatoms. The molecule has 0 spiro atoms. The summed E-state index contributed by atoms with van der Waals surface area (Å²) >= 11 is 0. The Morgan fingerprint density at radius 1 is 1.12 bits per heavy atom. The molecule has 1 atom stereocenters. The van der Waals surface area contributed by atoms with Crippen LogP contribution in [0.4, 0.5) is 13.2 Å². The molecule has 0 saturated heterocycles. The minimum Gasteiger partial charge on any atom is -0.479 e. The van der Waals surface area contributed by atoms with Gasteiger partial charge in [0.1, 0.15) is 0 Å². The summed E-state index contributed by atoms with van der Waals surface area (Å²) in [5.41, 5.74) is -3.60. The number of aliphatic hydroxyl groups is 1. The predicted molar refractivity (Wildman–Crippen MR) is 52.0 cm³/mol. The van der Waals surface area contributed by atoms with Crippen molar-refractivity contribution in [1.82, 2.24) is 0 Å². The van der Waals surface area contributed by atoms with E-state index >= 15 is 0 Å². The standard InChI is InChI=1S/C10H17F3O3/c1-2-3-4-5-6-7-9(16,8(14)15)10(11,12)13/h16H,2-7H2,1H3,(H,14,15). The molecule has 2 N–H and O–H groups in total. The average Bonchev–Trinajstić information content (AvgIpc) is 2.15. The number of rotatable bonds is 7. The van der Waals surface area contributed by atoms with E-state index in [1.165, 1.54) is 0 Å². The number of halogens is 3. The van der Waals surface area contributed by atoms with Crippen molar-refractivity contribution in [3.8, 4) is 0 Å². The molecular formula is C10H17F3O3. The quantitative estimate of drug-likeness (QED) is 0.675. The molecule has 0 heterocycles. The summed E-state index contributed by atoms with van der Waals surface area (Å²) in [5, 5.41) is 17.5. The predicted octanol–water partition coefficient (Wildman–Crippen LogP) is 2.72. The van der Waals surface area contributed by atoms with E-state index in [1.807, 2.05) is 6.92 Å². The van der Waals surface area contributed by atoms with Crippen LogP contribution in [0.1, 0.15) is 45.4 Å². The van der Waals surface area contributed by atoms with E-state index < -0.39 is 24.2 Å². The summed E-state index contributed by atoms with van der Waals surface area (Å²) in [4.78, 5) is 10.4. The molecule has 16 heavy (non-hydrogen) atoms. The van der Waals surface area contributed by atoms with Gasteiger partial charge in [0.15, 0.2) is 0 Å². The Kier molecular flexibility index (Phi) is 5.78. The van der Waals surface area contributed by atoms with Gasteiger partial charge in [-0.3, -0.25) is 0 Å². The molecule has 0 aromatic heterocycles. The minimum absolute atomic E-state index is 0.0578. The minimum atomic E-state index is -5.12. The monoisotopic (exact) mass is 242 g/mol. The molecule has 0 aliphatic heterocycles. The molecule has 1 unspecified atom stereocenters. The van der Waals surface area contributed by atoms with Crippen molar-refractivity contribution >= 4 is 5.97 Å². The Bertz CT molecular complexity index is 228. The summed E-state index contributed by atoms with van der Waals surface area (Å²) in [7, 11) is 0. The number of carboxylic acid groups (broad SMARTS) is 1. The maximum atomic E-state index is 12.3. The van der Waals surface area contributed by atoms with Gasteiger partial charge in [-0.25, -0.2) is 4.79 Å². The van der Waals surface area contributed by atoms with E-state index in [4.69, 9.17) is 10.2 Å². The second-order valence-corrected chi connectivity index (χ2v) is 3.83. The fourth-order valence-corrected chi connectivity index (χ4v) is 1.35. The van der Waals surface area contributed by atoms with Crippen molar-refractivity contribution in [2.45, 2.75) is 57.2 Å². The van der Waals surface area contributed by atoms with Crippen molar-refractivity contribution < 1.29 is 28.2 Å². The Morgan fingerprint density at radius 2 is 1.62 bits per heavy atom. The van der Waals surface area contributed by atoms with Crippen molar-refractivity contribution in [2.24, 2.45) is 0 Å². The molecule has 3 nitrogen and oxygen atoms in total. The molecule has 0 aliphatic carbocycles. The first-order valence-corrected chi connectivity index (χ1v) is 5.28. The first-order chi connectivity index (χ1) is 7.25. The second-order valence-electron chi connectivity index (χ2n) is 3.83. The van der Waals surface area contributed by atoms with Crippen LogP contribution in [0, 0.1) is 0 Å². The highest BCUT2D eigenvalue weighted by Gasteiger charge is 2.59. The molecule has 0 rings (SSSR count). The van der Waals surface area contributed by atoms with Crippen LogP contribution in [-0.4, -0.2) is 28.0 Å². The summed E-state index contributed by atoms with van der Waals surface area (Å²) in [6.07, 6.45) is -2.75. The van der Waals surface area contributed by atoms with Crippen LogP contribution in [-0.2, 0) is 4.79 Å². The van der Waals surface area contributed by atoms with Crippen molar-refractivity contribution in [3.05, 3.63) is 0 Å². The number of carbonyl (C=O) groups is 1. The van der Waals surface area contributed by atoms with Gasteiger partial charge in [0.05, 0.1) is 0 Å². The lowest BCUT2D eigenvalue weighted by molar-refractivity contribution is -0.262. The summed E-state index contributed by atoms with van der Waals surface area (Å²) in [6.45, 7) is 1.96. The highest BCUT2D eigenvalue weighted by atomic mass is 19.4. The largest absolute Gasteiger partial charge is 0.479 e. The molecule has 0 saturated carbocycles. The average molecular weight is 242 g/mol. The first kappa shape index (κ1) is 15.2. The molecule has 0 aromatic rings. The Labute approximate surface area is 92.3 Å². The van der Waals surface area contributed by atoms with Crippen molar-refractivity contribution in [1.29, 1.82) is 0 Å². The lowest BCUT2D eigenvalue weighted by atomic mass is 9.95. The van der Waals surface area contributed by atoms with E-state index in [0.29, 0.717) is 6.42 Å². The van der Waals surface area contributed by atoms with Gasteiger partial charge < -0.3 is 10.2 Å². The number of unbranched alkanes of at least 4 members (excludes halogenated alkanes) is 4. The Balaban J connectivity index is 4.21. The maximum Gasteiger partial charge on any atom is 0.428 e. The summed E-state index contributed by atoms with van der Waals surface area (Å²) in [6, 6.07) is 0. The fraction of sp³-hybridized carbons (Fsp3) is 0.900. The molecule has 0 bridgehead atoms. The topological polar surface area (TPSA) is 57.5 Å². The van der Waals surface area contributed by atoms with Crippen LogP contribution < -0.4 is 0 Å². The molecule has 0 amide bonds. The van der Waals surface area contributed by atoms with Crippen LogP contribution in [0.5, 0.6) is 0 Å². The van der Waals surface area contributed by atoms with Crippen LogP contribution in [0.25, 0.3) is 0 Å². The van der Waals surface area contributed by atoms with Gasteiger partial charge in [0.2, 0.25) is 0 Å². The molecular weight excluding hydrogens is 225 g/mol. The normalized spacial score (nSPS) is 15.8. The lowest BCUT2D eigenvalue weighted by Gasteiger charge is -2.25. The third-order valence-electron chi connectivity index (χ3n) is 2.46. The number of hydrogen-bond acceptors (Lipinski definition) is 2.